The maximum atomic E-state index is 10.2. The number of hydrogen-bond acceptors (Lipinski definition) is 2. The number of phenolic OH excluding ortho intramolecular Hbond substituents is 1. The third kappa shape index (κ3) is 3.25. The zero-order valence-corrected chi connectivity index (χ0v) is 19.3. The van der Waals surface area contributed by atoms with E-state index in [1.807, 2.05) is 30.5 Å². The Bertz CT molecular complexity index is 1460. The van der Waals surface area contributed by atoms with Crippen molar-refractivity contribution >= 4 is 21.8 Å². The van der Waals surface area contributed by atoms with Crippen LogP contribution in [-0.4, -0.2) is 14.7 Å². The summed E-state index contributed by atoms with van der Waals surface area (Å²) in [6.07, 6.45) is 1.88. The molecule has 0 aliphatic heterocycles. The van der Waals surface area contributed by atoms with E-state index in [1.54, 1.807) is 6.07 Å². The molecule has 0 amide bonds. The van der Waals surface area contributed by atoms with E-state index < -0.39 is 0 Å². The average molecular weight is 421 g/mol. The lowest BCUT2D eigenvalue weighted by Gasteiger charge is -2.22. The fraction of sp³-hybridized carbons (Fsp3) is 0.207. The van der Waals surface area contributed by atoms with Crippen LogP contribution in [0, 0.1) is 13.8 Å². The maximum Gasteiger partial charge on any atom is 0.138 e. The van der Waals surface area contributed by atoms with Crippen LogP contribution in [0.25, 0.3) is 38.8 Å². The van der Waals surface area contributed by atoms with Gasteiger partial charge in [0.1, 0.15) is 11.6 Å². The van der Waals surface area contributed by atoms with Gasteiger partial charge in [0.2, 0.25) is 0 Å². The first-order valence-corrected chi connectivity index (χ1v) is 11.0. The van der Waals surface area contributed by atoms with Crippen LogP contribution >= 0.6 is 0 Å². The molecule has 0 atom stereocenters. The summed E-state index contributed by atoms with van der Waals surface area (Å²) in [6.45, 7) is 11.1. The highest BCUT2D eigenvalue weighted by Gasteiger charge is 2.18. The molecule has 5 aromatic rings. The molecule has 0 spiro atoms. The number of aromatic hydroxyl groups is 1. The van der Waals surface area contributed by atoms with Gasteiger partial charge in [-0.3, -0.25) is 4.57 Å². The predicted molar refractivity (Wildman–Crippen MR) is 134 cm³/mol. The molecule has 0 aliphatic rings. The first kappa shape index (κ1) is 20.3. The molecule has 3 aromatic carbocycles. The number of para-hydroxylation sites is 1. The summed E-state index contributed by atoms with van der Waals surface area (Å²) in [5, 5.41) is 12.4. The second-order valence-electron chi connectivity index (χ2n) is 9.69. The van der Waals surface area contributed by atoms with Crippen LogP contribution < -0.4 is 0 Å². The third-order valence-corrected chi connectivity index (χ3v) is 6.32. The normalized spacial score (nSPS) is 12.0. The van der Waals surface area contributed by atoms with E-state index >= 15 is 0 Å². The van der Waals surface area contributed by atoms with Gasteiger partial charge in [-0.1, -0.05) is 51.1 Å². The molecular weight excluding hydrogens is 392 g/mol. The SMILES string of the molecule is Cc1cc(C(C)(C)C)cc(C)c1-c1ccnc(-n2c3ccccc3c3ccc(O)cc32)c1. The van der Waals surface area contributed by atoms with E-state index in [4.69, 9.17) is 4.98 Å². The highest BCUT2D eigenvalue weighted by atomic mass is 16.3. The van der Waals surface area contributed by atoms with Crippen molar-refractivity contribution < 1.29 is 5.11 Å². The second kappa shape index (κ2) is 7.23. The number of benzene rings is 3. The molecule has 160 valence electrons. The van der Waals surface area contributed by atoms with Crippen LogP contribution in [0.3, 0.4) is 0 Å². The monoisotopic (exact) mass is 420 g/mol. The molecule has 0 unspecified atom stereocenters. The number of aryl methyl sites for hydroxylation is 2. The van der Waals surface area contributed by atoms with Crippen LogP contribution in [0.1, 0.15) is 37.5 Å². The molecule has 0 saturated carbocycles. The molecule has 0 fully saturated rings. The Morgan fingerprint density at radius 1 is 0.781 bits per heavy atom. The number of nitrogens with zero attached hydrogens (tertiary/aromatic N) is 2. The smallest absolute Gasteiger partial charge is 0.138 e. The van der Waals surface area contributed by atoms with Crippen LogP contribution in [0.5, 0.6) is 5.75 Å². The summed E-state index contributed by atoms with van der Waals surface area (Å²) in [5.41, 5.74) is 8.44. The largest absolute Gasteiger partial charge is 0.508 e. The van der Waals surface area contributed by atoms with E-state index in [-0.39, 0.29) is 11.2 Å². The zero-order chi connectivity index (χ0) is 22.6. The Morgan fingerprint density at radius 2 is 1.47 bits per heavy atom. The van der Waals surface area contributed by atoms with Crippen LogP contribution in [0.2, 0.25) is 0 Å². The Morgan fingerprint density at radius 3 is 2.19 bits per heavy atom. The number of pyridine rings is 1. The summed E-state index contributed by atoms with van der Waals surface area (Å²) in [7, 11) is 0. The Kier molecular flexibility index (Phi) is 4.59. The number of fused-ring (bicyclic) bond motifs is 3. The number of hydrogen-bond donors (Lipinski definition) is 1. The van der Waals surface area contributed by atoms with Crippen molar-refractivity contribution in [2.24, 2.45) is 0 Å². The van der Waals surface area contributed by atoms with Crippen molar-refractivity contribution in [3.8, 4) is 22.7 Å². The highest BCUT2D eigenvalue weighted by Crippen LogP contribution is 2.36. The van der Waals surface area contributed by atoms with E-state index in [0.717, 1.165) is 33.2 Å². The van der Waals surface area contributed by atoms with Gasteiger partial charge in [0.15, 0.2) is 0 Å². The summed E-state index contributed by atoms with van der Waals surface area (Å²) < 4.78 is 2.14. The van der Waals surface area contributed by atoms with E-state index in [2.05, 4.69) is 75.6 Å². The van der Waals surface area contributed by atoms with Gasteiger partial charge in [-0.05, 0) is 77.4 Å². The summed E-state index contributed by atoms with van der Waals surface area (Å²) in [5.74, 6) is 1.10. The van der Waals surface area contributed by atoms with E-state index in [9.17, 15) is 5.11 Å². The predicted octanol–water partition coefficient (Wildman–Crippen LogP) is 7.47. The van der Waals surface area contributed by atoms with E-state index in [0.29, 0.717) is 0 Å². The van der Waals surface area contributed by atoms with Gasteiger partial charge < -0.3 is 5.11 Å². The Balaban J connectivity index is 1.75. The number of aromatic nitrogens is 2. The minimum Gasteiger partial charge on any atom is -0.508 e. The van der Waals surface area contributed by atoms with Gasteiger partial charge in [-0.25, -0.2) is 4.98 Å². The minimum atomic E-state index is 0.114. The third-order valence-electron chi connectivity index (χ3n) is 6.32. The topological polar surface area (TPSA) is 38.0 Å². The fourth-order valence-electron chi connectivity index (χ4n) is 4.75. The molecular formula is C29H28N2O. The molecule has 32 heavy (non-hydrogen) atoms. The zero-order valence-electron chi connectivity index (χ0n) is 19.3. The lowest BCUT2D eigenvalue weighted by atomic mass is 9.83. The van der Waals surface area contributed by atoms with Crippen molar-refractivity contribution in [2.45, 2.75) is 40.0 Å². The van der Waals surface area contributed by atoms with Crippen molar-refractivity contribution in [2.75, 3.05) is 0 Å². The summed E-state index contributed by atoms with van der Waals surface area (Å²) in [6, 6.07) is 22.7. The maximum absolute atomic E-state index is 10.2. The van der Waals surface area contributed by atoms with Gasteiger partial charge >= 0.3 is 0 Å². The second-order valence-corrected chi connectivity index (χ2v) is 9.69. The first-order chi connectivity index (χ1) is 15.2. The van der Waals surface area contributed by atoms with Crippen molar-refractivity contribution in [1.82, 2.24) is 9.55 Å². The number of rotatable bonds is 2. The number of phenols is 1. The van der Waals surface area contributed by atoms with Gasteiger partial charge in [0.25, 0.3) is 0 Å². The molecule has 0 bridgehead atoms. The molecule has 2 aromatic heterocycles. The Labute approximate surface area is 189 Å². The quantitative estimate of drug-likeness (QED) is 0.322. The molecule has 3 heteroatoms. The molecule has 5 rings (SSSR count). The first-order valence-electron chi connectivity index (χ1n) is 11.0. The van der Waals surface area contributed by atoms with Gasteiger partial charge in [0, 0.05) is 23.0 Å². The fourth-order valence-corrected chi connectivity index (χ4v) is 4.75. The van der Waals surface area contributed by atoms with Crippen molar-refractivity contribution in [1.29, 1.82) is 0 Å². The van der Waals surface area contributed by atoms with Crippen molar-refractivity contribution in [3.05, 3.63) is 89.6 Å². The molecule has 0 radical (unpaired) electrons. The lowest BCUT2D eigenvalue weighted by molar-refractivity contribution is 0.476. The molecule has 3 nitrogen and oxygen atoms in total. The van der Waals surface area contributed by atoms with Crippen LogP contribution in [0.15, 0.2) is 72.9 Å². The summed E-state index contributed by atoms with van der Waals surface area (Å²) in [4.78, 5) is 4.73. The lowest BCUT2D eigenvalue weighted by Crippen LogP contribution is -2.12. The molecule has 0 saturated heterocycles. The van der Waals surface area contributed by atoms with Gasteiger partial charge in [0.05, 0.1) is 11.0 Å². The summed E-state index contributed by atoms with van der Waals surface area (Å²) >= 11 is 0. The molecule has 1 N–H and O–H groups in total. The Hall–Kier alpha value is -3.59. The molecule has 0 aliphatic carbocycles. The van der Waals surface area contributed by atoms with Crippen LogP contribution in [-0.2, 0) is 5.41 Å². The molecule has 2 heterocycles. The minimum absolute atomic E-state index is 0.114. The van der Waals surface area contributed by atoms with Gasteiger partial charge in [-0.2, -0.15) is 0 Å². The average Bonchev–Trinajstić information content (AvgIpc) is 3.06. The highest BCUT2D eigenvalue weighted by molar-refractivity contribution is 6.09. The standard InChI is InChI=1S/C29H28N2O/c1-18-14-21(29(3,4)5)15-19(2)28(18)20-12-13-30-27(16-20)31-25-9-7-6-8-23(25)24-11-10-22(32)17-26(24)31/h6-17,32H,1-5H3. The van der Waals surface area contributed by atoms with Crippen molar-refractivity contribution in [3.63, 3.8) is 0 Å². The van der Waals surface area contributed by atoms with Gasteiger partial charge in [-0.15, -0.1) is 0 Å². The van der Waals surface area contributed by atoms with E-state index in [1.165, 1.54) is 22.3 Å². The van der Waals surface area contributed by atoms with Crippen LogP contribution in [0.4, 0.5) is 0 Å².